The lowest BCUT2D eigenvalue weighted by Crippen LogP contribution is -2.51. The summed E-state index contributed by atoms with van der Waals surface area (Å²) in [5.74, 6) is -0.726. The highest BCUT2D eigenvalue weighted by molar-refractivity contribution is 7.88. The van der Waals surface area contributed by atoms with E-state index in [0.717, 1.165) is 19.1 Å². The summed E-state index contributed by atoms with van der Waals surface area (Å²) < 4.78 is 29.3. The number of carbonyl (C=O) groups is 2. The van der Waals surface area contributed by atoms with Crippen molar-refractivity contribution in [3.05, 3.63) is 0 Å². The molecule has 1 aliphatic heterocycles. The molecule has 0 aromatic rings. The van der Waals surface area contributed by atoms with Crippen molar-refractivity contribution in [2.75, 3.05) is 26.0 Å². The Bertz CT molecular complexity index is 449. The van der Waals surface area contributed by atoms with Crippen molar-refractivity contribution >= 4 is 21.9 Å². The highest BCUT2D eigenvalue weighted by Crippen LogP contribution is 2.19. The Balaban J connectivity index is 2.50. The number of ether oxygens (including phenoxy) is 1. The SMILES string of the molecule is CCOC(=O)CCNC(=O)C1CCCCN1S(C)(=O)=O. The Morgan fingerprint density at radius 1 is 1.35 bits per heavy atom. The van der Waals surface area contributed by atoms with Gasteiger partial charge in [0.25, 0.3) is 0 Å². The van der Waals surface area contributed by atoms with Crippen LogP contribution in [0.2, 0.25) is 0 Å². The highest BCUT2D eigenvalue weighted by atomic mass is 32.2. The first-order valence-corrected chi connectivity index (χ1v) is 8.61. The third-order valence-corrected chi connectivity index (χ3v) is 4.41. The second kappa shape index (κ2) is 7.58. The molecule has 1 heterocycles. The minimum atomic E-state index is -3.39. The summed E-state index contributed by atoms with van der Waals surface area (Å²) in [6.07, 6.45) is 3.29. The molecule has 0 radical (unpaired) electrons. The molecule has 1 N–H and O–H groups in total. The van der Waals surface area contributed by atoms with Gasteiger partial charge in [0.2, 0.25) is 15.9 Å². The molecule has 1 amide bonds. The third-order valence-electron chi connectivity index (χ3n) is 3.12. The standard InChI is InChI=1S/C12H22N2O5S/c1-3-19-11(15)7-8-13-12(16)10-6-4-5-9-14(10)20(2,17)18/h10H,3-9H2,1-2H3,(H,13,16). The number of esters is 1. The second-order valence-electron chi connectivity index (χ2n) is 4.73. The molecule has 1 saturated heterocycles. The van der Waals surface area contributed by atoms with Crippen LogP contribution in [0.1, 0.15) is 32.6 Å². The topological polar surface area (TPSA) is 92.8 Å². The number of carbonyl (C=O) groups excluding carboxylic acids is 2. The predicted octanol–water partition coefficient (Wildman–Crippen LogP) is -0.130. The van der Waals surface area contributed by atoms with E-state index in [4.69, 9.17) is 4.74 Å². The Hall–Kier alpha value is -1.15. The van der Waals surface area contributed by atoms with E-state index in [1.165, 1.54) is 4.31 Å². The second-order valence-corrected chi connectivity index (χ2v) is 6.67. The number of sulfonamides is 1. The summed E-state index contributed by atoms with van der Waals surface area (Å²) in [7, 11) is -3.39. The van der Waals surface area contributed by atoms with E-state index in [-0.39, 0.29) is 24.8 Å². The van der Waals surface area contributed by atoms with E-state index in [0.29, 0.717) is 19.6 Å². The van der Waals surface area contributed by atoms with Crippen molar-refractivity contribution in [2.24, 2.45) is 0 Å². The van der Waals surface area contributed by atoms with Crippen molar-refractivity contribution in [1.29, 1.82) is 0 Å². The van der Waals surface area contributed by atoms with Crippen LogP contribution in [0.4, 0.5) is 0 Å². The molecular formula is C12H22N2O5S. The number of nitrogens with one attached hydrogen (secondary N) is 1. The molecule has 1 fully saturated rings. The lowest BCUT2D eigenvalue weighted by atomic mass is 10.0. The fourth-order valence-corrected chi connectivity index (χ4v) is 3.33. The minimum absolute atomic E-state index is 0.0885. The molecule has 0 spiro atoms. The summed E-state index contributed by atoms with van der Waals surface area (Å²) in [4.78, 5) is 23.2. The average Bonchev–Trinajstić information content (AvgIpc) is 2.38. The van der Waals surface area contributed by atoms with Crippen molar-refractivity contribution in [2.45, 2.75) is 38.6 Å². The largest absolute Gasteiger partial charge is 0.466 e. The molecule has 1 rings (SSSR count). The van der Waals surface area contributed by atoms with Crippen LogP contribution in [0.5, 0.6) is 0 Å². The lowest BCUT2D eigenvalue weighted by Gasteiger charge is -2.32. The molecule has 20 heavy (non-hydrogen) atoms. The maximum absolute atomic E-state index is 12.0. The van der Waals surface area contributed by atoms with Gasteiger partial charge in [-0.1, -0.05) is 6.42 Å². The smallest absolute Gasteiger partial charge is 0.307 e. The predicted molar refractivity (Wildman–Crippen MR) is 73.4 cm³/mol. The van der Waals surface area contributed by atoms with Gasteiger partial charge in [-0.3, -0.25) is 9.59 Å². The van der Waals surface area contributed by atoms with Gasteiger partial charge in [-0.2, -0.15) is 4.31 Å². The van der Waals surface area contributed by atoms with Crippen LogP contribution in [0, 0.1) is 0 Å². The zero-order valence-electron chi connectivity index (χ0n) is 11.9. The first-order chi connectivity index (χ1) is 9.36. The molecule has 0 saturated carbocycles. The highest BCUT2D eigenvalue weighted by Gasteiger charge is 2.34. The summed E-state index contributed by atoms with van der Waals surface area (Å²) in [5.41, 5.74) is 0. The van der Waals surface area contributed by atoms with Gasteiger partial charge in [-0.05, 0) is 19.8 Å². The molecule has 0 aromatic heterocycles. The first kappa shape index (κ1) is 16.9. The normalized spacial score (nSPS) is 20.4. The molecule has 116 valence electrons. The van der Waals surface area contributed by atoms with Gasteiger partial charge in [0.05, 0.1) is 19.3 Å². The number of rotatable bonds is 6. The van der Waals surface area contributed by atoms with E-state index >= 15 is 0 Å². The Morgan fingerprint density at radius 2 is 2.05 bits per heavy atom. The number of nitrogens with zero attached hydrogens (tertiary/aromatic N) is 1. The summed E-state index contributed by atoms with van der Waals surface area (Å²) in [5, 5.41) is 2.60. The van der Waals surface area contributed by atoms with Crippen LogP contribution < -0.4 is 5.32 Å². The van der Waals surface area contributed by atoms with Crippen LogP contribution in [-0.4, -0.2) is 56.6 Å². The number of piperidine rings is 1. The zero-order chi connectivity index (χ0) is 15.2. The zero-order valence-corrected chi connectivity index (χ0v) is 12.7. The molecule has 8 heteroatoms. The molecule has 1 aliphatic rings. The van der Waals surface area contributed by atoms with E-state index < -0.39 is 16.1 Å². The summed E-state index contributed by atoms with van der Waals surface area (Å²) in [6.45, 7) is 2.54. The van der Waals surface area contributed by atoms with E-state index in [1.807, 2.05) is 0 Å². The van der Waals surface area contributed by atoms with Crippen LogP contribution in [0.3, 0.4) is 0 Å². The molecular weight excluding hydrogens is 284 g/mol. The molecule has 7 nitrogen and oxygen atoms in total. The van der Waals surface area contributed by atoms with Crippen LogP contribution in [0.25, 0.3) is 0 Å². The van der Waals surface area contributed by atoms with Crippen molar-refractivity contribution in [3.63, 3.8) is 0 Å². The molecule has 1 unspecified atom stereocenters. The quantitative estimate of drug-likeness (QED) is 0.690. The number of hydrogen-bond donors (Lipinski definition) is 1. The molecule has 0 bridgehead atoms. The Labute approximate surface area is 119 Å². The fourth-order valence-electron chi connectivity index (χ4n) is 2.20. The molecule has 1 atom stereocenters. The van der Waals surface area contributed by atoms with Gasteiger partial charge < -0.3 is 10.1 Å². The lowest BCUT2D eigenvalue weighted by molar-refractivity contribution is -0.143. The van der Waals surface area contributed by atoms with E-state index in [1.54, 1.807) is 6.92 Å². The van der Waals surface area contributed by atoms with Gasteiger partial charge >= 0.3 is 5.97 Å². The first-order valence-electron chi connectivity index (χ1n) is 6.76. The van der Waals surface area contributed by atoms with Crippen LogP contribution in [0.15, 0.2) is 0 Å². The van der Waals surface area contributed by atoms with Gasteiger partial charge in [-0.15, -0.1) is 0 Å². The van der Waals surface area contributed by atoms with Crippen molar-refractivity contribution < 1.29 is 22.7 Å². The van der Waals surface area contributed by atoms with Crippen molar-refractivity contribution in [1.82, 2.24) is 9.62 Å². The van der Waals surface area contributed by atoms with Gasteiger partial charge in [0.1, 0.15) is 6.04 Å². The number of hydrogen-bond acceptors (Lipinski definition) is 5. The molecule has 0 aliphatic carbocycles. The summed E-state index contributed by atoms with van der Waals surface area (Å²) >= 11 is 0. The minimum Gasteiger partial charge on any atom is -0.466 e. The molecule has 0 aromatic carbocycles. The van der Waals surface area contributed by atoms with Gasteiger partial charge in [0, 0.05) is 13.1 Å². The average molecular weight is 306 g/mol. The van der Waals surface area contributed by atoms with Crippen LogP contribution >= 0.6 is 0 Å². The number of amides is 1. The van der Waals surface area contributed by atoms with E-state index in [9.17, 15) is 18.0 Å². The van der Waals surface area contributed by atoms with Gasteiger partial charge in [0.15, 0.2) is 0 Å². The maximum atomic E-state index is 12.0. The monoisotopic (exact) mass is 306 g/mol. The van der Waals surface area contributed by atoms with Crippen LogP contribution in [-0.2, 0) is 24.3 Å². The Kier molecular flexibility index (Phi) is 6.41. The van der Waals surface area contributed by atoms with E-state index in [2.05, 4.69) is 5.32 Å². The van der Waals surface area contributed by atoms with Crippen molar-refractivity contribution in [3.8, 4) is 0 Å². The Morgan fingerprint density at radius 3 is 2.65 bits per heavy atom. The maximum Gasteiger partial charge on any atom is 0.307 e. The fraction of sp³-hybridized carbons (Fsp3) is 0.833. The summed E-state index contributed by atoms with van der Waals surface area (Å²) in [6, 6.07) is -0.666. The third kappa shape index (κ3) is 5.09. The van der Waals surface area contributed by atoms with Gasteiger partial charge in [-0.25, -0.2) is 8.42 Å².